The van der Waals surface area contributed by atoms with E-state index in [4.69, 9.17) is 5.73 Å². The summed E-state index contributed by atoms with van der Waals surface area (Å²) in [5.74, 6) is 0. The van der Waals surface area contributed by atoms with Crippen molar-refractivity contribution >= 4 is 27.5 Å². The van der Waals surface area contributed by atoms with Crippen molar-refractivity contribution in [1.82, 2.24) is 9.55 Å². The molecule has 3 heteroatoms. The van der Waals surface area contributed by atoms with Gasteiger partial charge >= 0.3 is 0 Å². The Bertz CT molecular complexity index is 1900. The van der Waals surface area contributed by atoms with Gasteiger partial charge in [-0.3, -0.25) is 4.98 Å². The van der Waals surface area contributed by atoms with Crippen molar-refractivity contribution in [2.24, 2.45) is 0 Å². The molecule has 7 aromatic rings. The van der Waals surface area contributed by atoms with Gasteiger partial charge in [-0.1, -0.05) is 84.9 Å². The molecule has 0 radical (unpaired) electrons. The molecule has 0 unspecified atom stereocenters. The second-order valence-electron chi connectivity index (χ2n) is 9.48. The lowest BCUT2D eigenvalue weighted by molar-refractivity contribution is 1.18. The van der Waals surface area contributed by atoms with Crippen molar-refractivity contribution < 1.29 is 0 Å². The molecular formula is C35H25N3. The Morgan fingerprint density at radius 2 is 1.24 bits per heavy atom. The first kappa shape index (κ1) is 22.1. The van der Waals surface area contributed by atoms with Crippen LogP contribution in [-0.2, 0) is 0 Å². The topological polar surface area (TPSA) is 43.8 Å². The van der Waals surface area contributed by atoms with Gasteiger partial charge in [-0.05, 0) is 65.2 Å². The zero-order valence-electron chi connectivity index (χ0n) is 20.8. The molecule has 0 fully saturated rings. The monoisotopic (exact) mass is 487 g/mol. The summed E-state index contributed by atoms with van der Waals surface area (Å²) in [5.41, 5.74) is 17.3. The summed E-state index contributed by atoms with van der Waals surface area (Å²) in [5, 5.41) is 2.42. The van der Waals surface area contributed by atoms with Crippen LogP contribution in [0.25, 0.3) is 61.0 Å². The maximum atomic E-state index is 6.50. The van der Waals surface area contributed by atoms with Crippen LogP contribution in [0.3, 0.4) is 0 Å². The van der Waals surface area contributed by atoms with Crippen LogP contribution >= 0.6 is 0 Å². The van der Waals surface area contributed by atoms with Crippen LogP contribution in [0.15, 0.2) is 140 Å². The standard InChI is InChI=1S/C35H25N3/c36-32-14-6-4-12-27(32)30-22-31-28-13-5-7-16-34(28)38(35(31)23-29(30)24-10-2-1-3-11-24)26-19-17-25(18-20-26)33-15-8-9-21-37-33/h1-23H,36H2. The van der Waals surface area contributed by atoms with Crippen LogP contribution in [0, 0.1) is 0 Å². The van der Waals surface area contributed by atoms with Gasteiger partial charge < -0.3 is 10.3 Å². The van der Waals surface area contributed by atoms with E-state index in [-0.39, 0.29) is 0 Å². The third kappa shape index (κ3) is 3.64. The SMILES string of the molecule is Nc1ccccc1-c1cc2c3ccccc3n(-c3ccc(-c4ccccn4)cc3)c2cc1-c1ccccc1. The number of nitrogens with two attached hydrogens (primary N) is 1. The lowest BCUT2D eigenvalue weighted by atomic mass is 9.92. The van der Waals surface area contributed by atoms with E-state index >= 15 is 0 Å². The molecule has 180 valence electrons. The van der Waals surface area contributed by atoms with E-state index in [0.29, 0.717) is 0 Å². The number of rotatable bonds is 4. The summed E-state index contributed by atoms with van der Waals surface area (Å²) in [6.45, 7) is 0. The number of anilines is 1. The minimum atomic E-state index is 0.776. The van der Waals surface area contributed by atoms with Crippen molar-refractivity contribution in [2.75, 3.05) is 5.73 Å². The van der Waals surface area contributed by atoms with E-state index in [1.54, 1.807) is 0 Å². The molecule has 5 aromatic carbocycles. The summed E-state index contributed by atoms with van der Waals surface area (Å²) in [7, 11) is 0. The largest absolute Gasteiger partial charge is 0.398 e. The van der Waals surface area contributed by atoms with E-state index in [1.165, 1.54) is 16.3 Å². The van der Waals surface area contributed by atoms with Gasteiger partial charge in [0.2, 0.25) is 0 Å². The first-order valence-electron chi connectivity index (χ1n) is 12.8. The number of nitrogens with zero attached hydrogens (tertiary/aromatic N) is 2. The Hall–Kier alpha value is -5.15. The molecule has 0 spiro atoms. The van der Waals surface area contributed by atoms with Crippen LogP contribution in [-0.4, -0.2) is 9.55 Å². The maximum absolute atomic E-state index is 6.50. The zero-order valence-corrected chi connectivity index (χ0v) is 20.8. The smallest absolute Gasteiger partial charge is 0.0701 e. The number of aromatic nitrogens is 2. The van der Waals surface area contributed by atoms with E-state index in [0.717, 1.165) is 50.4 Å². The molecule has 0 amide bonds. The molecule has 7 rings (SSSR count). The Labute approximate surface area is 221 Å². The fourth-order valence-electron chi connectivity index (χ4n) is 5.43. The number of hydrogen-bond acceptors (Lipinski definition) is 2. The minimum absolute atomic E-state index is 0.776. The number of nitrogen functional groups attached to an aromatic ring is 1. The maximum Gasteiger partial charge on any atom is 0.0701 e. The highest BCUT2D eigenvalue weighted by molar-refractivity contribution is 6.13. The number of benzene rings is 5. The molecular weight excluding hydrogens is 462 g/mol. The first-order chi connectivity index (χ1) is 18.8. The van der Waals surface area contributed by atoms with Gasteiger partial charge in [0.1, 0.15) is 0 Å². The van der Waals surface area contributed by atoms with Crippen LogP contribution in [0.4, 0.5) is 5.69 Å². The zero-order chi connectivity index (χ0) is 25.5. The summed E-state index contributed by atoms with van der Waals surface area (Å²) in [4.78, 5) is 4.52. The van der Waals surface area contributed by atoms with Gasteiger partial charge in [-0.25, -0.2) is 0 Å². The third-order valence-electron chi connectivity index (χ3n) is 7.23. The average molecular weight is 488 g/mol. The Kier molecular flexibility index (Phi) is 5.26. The molecule has 0 aliphatic carbocycles. The minimum Gasteiger partial charge on any atom is -0.398 e. The fourth-order valence-corrected chi connectivity index (χ4v) is 5.43. The molecule has 2 N–H and O–H groups in total. The van der Waals surface area contributed by atoms with Crippen molar-refractivity contribution in [3.05, 3.63) is 140 Å². The average Bonchev–Trinajstić information content (AvgIpc) is 3.31. The van der Waals surface area contributed by atoms with Crippen molar-refractivity contribution in [3.63, 3.8) is 0 Å². The Morgan fingerprint density at radius 1 is 0.500 bits per heavy atom. The van der Waals surface area contributed by atoms with Gasteiger partial charge in [-0.15, -0.1) is 0 Å². The Morgan fingerprint density at radius 3 is 2.03 bits per heavy atom. The molecule has 2 heterocycles. The predicted molar refractivity (Wildman–Crippen MR) is 159 cm³/mol. The van der Waals surface area contributed by atoms with Crippen LogP contribution < -0.4 is 5.73 Å². The van der Waals surface area contributed by atoms with E-state index in [2.05, 4.69) is 113 Å². The van der Waals surface area contributed by atoms with E-state index < -0.39 is 0 Å². The fraction of sp³-hybridized carbons (Fsp3) is 0. The summed E-state index contributed by atoms with van der Waals surface area (Å²) in [6, 6.07) is 46.6. The first-order valence-corrected chi connectivity index (χ1v) is 12.8. The van der Waals surface area contributed by atoms with Gasteiger partial charge in [0, 0.05) is 39.5 Å². The van der Waals surface area contributed by atoms with Crippen molar-refractivity contribution in [1.29, 1.82) is 0 Å². The molecule has 0 bridgehead atoms. The number of hydrogen-bond donors (Lipinski definition) is 1. The lowest BCUT2D eigenvalue weighted by Gasteiger charge is -2.15. The molecule has 0 saturated heterocycles. The molecule has 3 nitrogen and oxygen atoms in total. The molecule has 0 saturated carbocycles. The summed E-state index contributed by atoms with van der Waals surface area (Å²) >= 11 is 0. The van der Waals surface area contributed by atoms with E-state index in [9.17, 15) is 0 Å². The van der Waals surface area contributed by atoms with Gasteiger partial charge in [0.15, 0.2) is 0 Å². The number of pyridine rings is 1. The van der Waals surface area contributed by atoms with Gasteiger partial charge in [-0.2, -0.15) is 0 Å². The quantitative estimate of drug-likeness (QED) is 0.252. The Balaban J connectivity index is 1.52. The van der Waals surface area contributed by atoms with Crippen LogP contribution in [0.2, 0.25) is 0 Å². The number of fused-ring (bicyclic) bond motifs is 3. The highest BCUT2D eigenvalue weighted by Crippen LogP contribution is 2.42. The second kappa shape index (κ2) is 9.06. The van der Waals surface area contributed by atoms with Gasteiger partial charge in [0.05, 0.1) is 16.7 Å². The van der Waals surface area contributed by atoms with Crippen LogP contribution in [0.5, 0.6) is 0 Å². The lowest BCUT2D eigenvalue weighted by Crippen LogP contribution is -1.96. The summed E-state index contributed by atoms with van der Waals surface area (Å²) < 4.78 is 2.36. The molecule has 2 aromatic heterocycles. The molecule has 0 aliphatic rings. The van der Waals surface area contributed by atoms with Gasteiger partial charge in [0.25, 0.3) is 0 Å². The second-order valence-corrected chi connectivity index (χ2v) is 9.48. The highest BCUT2D eigenvalue weighted by Gasteiger charge is 2.18. The summed E-state index contributed by atoms with van der Waals surface area (Å²) in [6.07, 6.45) is 1.83. The molecule has 0 aliphatic heterocycles. The predicted octanol–water partition coefficient (Wildman–Crippen LogP) is 8.76. The highest BCUT2D eigenvalue weighted by atomic mass is 15.0. The van der Waals surface area contributed by atoms with Crippen molar-refractivity contribution in [2.45, 2.75) is 0 Å². The van der Waals surface area contributed by atoms with Crippen molar-refractivity contribution in [3.8, 4) is 39.2 Å². The van der Waals surface area contributed by atoms with E-state index in [1.807, 2.05) is 36.5 Å². The molecule has 0 atom stereocenters. The van der Waals surface area contributed by atoms with Crippen LogP contribution in [0.1, 0.15) is 0 Å². The number of para-hydroxylation sites is 2. The molecule has 38 heavy (non-hydrogen) atoms. The third-order valence-corrected chi connectivity index (χ3v) is 7.23. The normalized spacial score (nSPS) is 11.3.